The van der Waals surface area contributed by atoms with E-state index in [-0.39, 0.29) is 0 Å². The number of thiophene rings is 1. The van der Waals surface area contributed by atoms with Gasteiger partial charge in [-0.15, -0.1) is 11.3 Å². The largest absolute Gasteiger partial charge is 0.132 e. The van der Waals surface area contributed by atoms with Crippen molar-refractivity contribution in [2.75, 3.05) is 0 Å². The van der Waals surface area contributed by atoms with Gasteiger partial charge in [0.15, 0.2) is 0 Å². The van der Waals surface area contributed by atoms with Crippen LogP contribution in [0.5, 0.6) is 0 Å². The summed E-state index contributed by atoms with van der Waals surface area (Å²) in [5.41, 5.74) is 0. The lowest BCUT2D eigenvalue weighted by molar-refractivity contribution is 1.15. The van der Waals surface area contributed by atoms with Crippen LogP contribution in [-0.2, 0) is 0 Å². The van der Waals surface area contributed by atoms with E-state index in [4.69, 9.17) is 0 Å². The molecule has 0 amide bonds. The maximum absolute atomic E-state index is 3.45. The molecule has 2 heteroatoms. The Kier molecular flexibility index (Phi) is 1.96. The molecule has 0 saturated heterocycles. The molecule has 1 aromatic heterocycles. The topological polar surface area (TPSA) is 0 Å². The zero-order valence-electron chi connectivity index (χ0n) is 5.83. The third-order valence-electron chi connectivity index (χ3n) is 1.67. The van der Waals surface area contributed by atoms with E-state index in [0.717, 1.165) is 0 Å². The summed E-state index contributed by atoms with van der Waals surface area (Å²) in [6, 6.07) is 4.26. The SMILES string of the molecule is Brc1ccc(C2C=CC=C2)s1. The summed E-state index contributed by atoms with van der Waals surface area (Å²) in [4.78, 5) is 1.40. The Bertz CT molecular complexity index is 297. The van der Waals surface area contributed by atoms with Crippen molar-refractivity contribution in [2.45, 2.75) is 5.92 Å². The molecule has 56 valence electrons. The molecule has 0 radical (unpaired) electrons. The van der Waals surface area contributed by atoms with Crippen molar-refractivity contribution in [1.29, 1.82) is 0 Å². The van der Waals surface area contributed by atoms with Crippen molar-refractivity contribution < 1.29 is 0 Å². The van der Waals surface area contributed by atoms with Crippen LogP contribution in [0, 0.1) is 0 Å². The van der Waals surface area contributed by atoms with Crippen LogP contribution in [0.3, 0.4) is 0 Å². The molecule has 0 fully saturated rings. The number of rotatable bonds is 1. The molecule has 1 aliphatic rings. The average Bonchev–Trinajstić information content (AvgIpc) is 2.55. The summed E-state index contributed by atoms with van der Waals surface area (Å²) in [5.74, 6) is 0.520. The molecular weight excluding hydrogens is 220 g/mol. The van der Waals surface area contributed by atoms with Gasteiger partial charge in [-0.1, -0.05) is 24.3 Å². The van der Waals surface area contributed by atoms with E-state index in [1.54, 1.807) is 11.3 Å². The Balaban J connectivity index is 2.29. The first-order valence-electron chi connectivity index (χ1n) is 3.46. The first-order valence-corrected chi connectivity index (χ1v) is 5.07. The van der Waals surface area contributed by atoms with Gasteiger partial charge in [0.05, 0.1) is 3.79 Å². The lowest BCUT2D eigenvalue weighted by atomic mass is 10.1. The normalized spacial score (nSPS) is 16.5. The molecule has 1 aromatic rings. The molecular formula is C9H7BrS. The lowest BCUT2D eigenvalue weighted by Crippen LogP contribution is -1.80. The summed E-state index contributed by atoms with van der Waals surface area (Å²) < 4.78 is 1.21. The highest BCUT2D eigenvalue weighted by atomic mass is 79.9. The molecule has 2 rings (SSSR count). The van der Waals surface area contributed by atoms with Gasteiger partial charge in [-0.25, -0.2) is 0 Å². The van der Waals surface area contributed by atoms with E-state index in [2.05, 4.69) is 52.4 Å². The van der Waals surface area contributed by atoms with Crippen LogP contribution in [-0.4, -0.2) is 0 Å². The molecule has 0 nitrogen and oxygen atoms in total. The Morgan fingerprint density at radius 1 is 1.18 bits per heavy atom. The first kappa shape index (κ1) is 7.32. The van der Waals surface area contributed by atoms with E-state index < -0.39 is 0 Å². The van der Waals surface area contributed by atoms with Gasteiger partial charge >= 0.3 is 0 Å². The van der Waals surface area contributed by atoms with Gasteiger partial charge < -0.3 is 0 Å². The average molecular weight is 227 g/mol. The maximum Gasteiger partial charge on any atom is 0.0701 e. The summed E-state index contributed by atoms with van der Waals surface area (Å²) in [7, 11) is 0. The predicted molar refractivity (Wildman–Crippen MR) is 53.0 cm³/mol. The van der Waals surface area contributed by atoms with E-state index in [9.17, 15) is 0 Å². The first-order chi connectivity index (χ1) is 5.36. The second kappa shape index (κ2) is 2.95. The minimum absolute atomic E-state index is 0.520. The number of halogens is 1. The minimum Gasteiger partial charge on any atom is -0.132 e. The van der Waals surface area contributed by atoms with Gasteiger partial charge in [0, 0.05) is 10.8 Å². The van der Waals surface area contributed by atoms with Crippen LogP contribution in [0.2, 0.25) is 0 Å². The molecule has 0 atom stereocenters. The minimum atomic E-state index is 0.520. The molecule has 0 N–H and O–H groups in total. The Labute approximate surface area is 78.4 Å². The summed E-state index contributed by atoms with van der Waals surface area (Å²) in [6.45, 7) is 0. The fourth-order valence-corrected chi connectivity index (χ4v) is 2.61. The van der Waals surface area contributed by atoms with Crippen molar-refractivity contribution in [3.63, 3.8) is 0 Å². The third-order valence-corrected chi connectivity index (χ3v) is 3.40. The fourth-order valence-electron chi connectivity index (χ4n) is 1.13. The van der Waals surface area contributed by atoms with Crippen LogP contribution in [0.15, 0.2) is 40.2 Å². The van der Waals surface area contributed by atoms with Crippen molar-refractivity contribution >= 4 is 27.3 Å². The highest BCUT2D eigenvalue weighted by Gasteiger charge is 2.08. The zero-order valence-corrected chi connectivity index (χ0v) is 8.23. The molecule has 0 unspecified atom stereocenters. The van der Waals surface area contributed by atoms with E-state index >= 15 is 0 Å². The molecule has 11 heavy (non-hydrogen) atoms. The van der Waals surface area contributed by atoms with E-state index in [1.807, 2.05) is 0 Å². The summed E-state index contributed by atoms with van der Waals surface area (Å²) >= 11 is 5.25. The monoisotopic (exact) mass is 226 g/mol. The Morgan fingerprint density at radius 2 is 1.91 bits per heavy atom. The van der Waals surface area contributed by atoms with Crippen molar-refractivity contribution in [3.8, 4) is 0 Å². The number of allylic oxidation sites excluding steroid dienone is 4. The van der Waals surface area contributed by atoms with Gasteiger partial charge in [0.1, 0.15) is 0 Å². The molecule has 0 saturated carbocycles. The van der Waals surface area contributed by atoms with Crippen LogP contribution < -0.4 is 0 Å². The summed E-state index contributed by atoms with van der Waals surface area (Å²) in [5, 5.41) is 0. The maximum atomic E-state index is 3.45. The second-order valence-corrected chi connectivity index (χ2v) is 4.93. The number of hydrogen-bond acceptors (Lipinski definition) is 1. The van der Waals surface area contributed by atoms with Gasteiger partial charge in [-0.05, 0) is 28.1 Å². The van der Waals surface area contributed by atoms with E-state index in [1.165, 1.54) is 8.66 Å². The molecule has 0 spiro atoms. The standard InChI is InChI=1S/C9H7BrS/c10-9-6-5-8(11-9)7-3-1-2-4-7/h1-7H. The summed E-state index contributed by atoms with van der Waals surface area (Å²) in [6.07, 6.45) is 8.60. The Hall–Kier alpha value is -0.340. The molecule has 1 aliphatic carbocycles. The molecule has 1 heterocycles. The third kappa shape index (κ3) is 1.47. The van der Waals surface area contributed by atoms with Crippen LogP contribution in [0.4, 0.5) is 0 Å². The van der Waals surface area contributed by atoms with E-state index in [0.29, 0.717) is 5.92 Å². The van der Waals surface area contributed by atoms with Crippen molar-refractivity contribution in [1.82, 2.24) is 0 Å². The van der Waals surface area contributed by atoms with Gasteiger partial charge in [-0.3, -0.25) is 0 Å². The fraction of sp³-hybridized carbons (Fsp3) is 0.111. The van der Waals surface area contributed by atoms with Crippen molar-refractivity contribution in [2.24, 2.45) is 0 Å². The van der Waals surface area contributed by atoms with Gasteiger partial charge in [0.2, 0.25) is 0 Å². The highest BCUT2D eigenvalue weighted by molar-refractivity contribution is 9.11. The van der Waals surface area contributed by atoms with Crippen LogP contribution in [0.25, 0.3) is 0 Å². The van der Waals surface area contributed by atoms with Gasteiger partial charge in [0.25, 0.3) is 0 Å². The smallest absolute Gasteiger partial charge is 0.0701 e. The van der Waals surface area contributed by atoms with Gasteiger partial charge in [-0.2, -0.15) is 0 Å². The lowest BCUT2D eigenvalue weighted by Gasteiger charge is -1.98. The quantitative estimate of drug-likeness (QED) is 0.685. The molecule has 0 aromatic carbocycles. The van der Waals surface area contributed by atoms with Crippen molar-refractivity contribution in [3.05, 3.63) is 45.1 Å². The number of hydrogen-bond donors (Lipinski definition) is 0. The Morgan fingerprint density at radius 3 is 2.45 bits per heavy atom. The highest BCUT2D eigenvalue weighted by Crippen LogP contribution is 2.31. The van der Waals surface area contributed by atoms with Crippen LogP contribution in [0.1, 0.15) is 10.8 Å². The zero-order chi connectivity index (χ0) is 7.68. The predicted octanol–water partition coefficient (Wildman–Crippen LogP) is 3.72. The molecule has 0 aliphatic heterocycles. The molecule has 0 bridgehead atoms. The second-order valence-electron chi connectivity index (χ2n) is 2.44. The van der Waals surface area contributed by atoms with Crippen LogP contribution >= 0.6 is 27.3 Å².